The van der Waals surface area contributed by atoms with Gasteiger partial charge in [0.2, 0.25) is 0 Å². The van der Waals surface area contributed by atoms with Gasteiger partial charge in [-0.2, -0.15) is 11.3 Å². The van der Waals surface area contributed by atoms with Crippen molar-refractivity contribution in [2.24, 2.45) is 5.73 Å². The number of nitrogens with two attached hydrogens (primary N) is 1. The van der Waals surface area contributed by atoms with Crippen LogP contribution in [0.5, 0.6) is 5.75 Å². The summed E-state index contributed by atoms with van der Waals surface area (Å²) in [6.45, 7) is 0. The van der Waals surface area contributed by atoms with E-state index in [0.29, 0.717) is 0 Å². The van der Waals surface area contributed by atoms with Gasteiger partial charge in [0.25, 0.3) is 0 Å². The first-order valence-corrected chi connectivity index (χ1v) is 6.57. The number of methoxy groups -OCH3 is 1. The summed E-state index contributed by atoms with van der Waals surface area (Å²) < 4.78 is 6.21. The maximum Gasteiger partial charge on any atom is 0.119 e. The van der Waals surface area contributed by atoms with E-state index in [9.17, 15) is 0 Å². The Balaban J connectivity index is 2.39. The third-order valence-corrected chi connectivity index (χ3v) is 3.86. The van der Waals surface area contributed by atoms with Gasteiger partial charge < -0.3 is 10.5 Å². The molecular weight excluding hydrogens is 286 g/mol. The van der Waals surface area contributed by atoms with Crippen LogP contribution in [0, 0.1) is 0 Å². The summed E-state index contributed by atoms with van der Waals surface area (Å²) in [6.07, 6.45) is 0. The monoisotopic (exact) mass is 297 g/mol. The Kier molecular flexibility index (Phi) is 3.63. The van der Waals surface area contributed by atoms with Crippen LogP contribution in [0.1, 0.15) is 17.2 Å². The van der Waals surface area contributed by atoms with E-state index in [4.69, 9.17) is 10.5 Å². The van der Waals surface area contributed by atoms with Crippen molar-refractivity contribution in [1.29, 1.82) is 0 Å². The summed E-state index contributed by atoms with van der Waals surface area (Å²) in [7, 11) is 1.66. The average Bonchev–Trinajstić information content (AvgIpc) is 2.82. The molecule has 0 aliphatic carbocycles. The van der Waals surface area contributed by atoms with Crippen LogP contribution >= 0.6 is 27.3 Å². The zero-order valence-corrected chi connectivity index (χ0v) is 11.2. The first-order chi connectivity index (χ1) is 7.72. The number of halogens is 1. The number of ether oxygens (including phenoxy) is 1. The Labute approximate surface area is 107 Å². The van der Waals surface area contributed by atoms with Crippen molar-refractivity contribution in [3.8, 4) is 5.75 Å². The fourth-order valence-electron chi connectivity index (χ4n) is 1.52. The van der Waals surface area contributed by atoms with E-state index in [0.717, 1.165) is 21.3 Å². The molecule has 0 saturated carbocycles. The van der Waals surface area contributed by atoms with E-state index >= 15 is 0 Å². The number of rotatable bonds is 3. The fraction of sp³-hybridized carbons (Fsp3) is 0.167. The predicted molar refractivity (Wildman–Crippen MR) is 71.0 cm³/mol. The van der Waals surface area contributed by atoms with E-state index in [-0.39, 0.29) is 6.04 Å². The molecule has 0 unspecified atom stereocenters. The maximum absolute atomic E-state index is 6.21. The van der Waals surface area contributed by atoms with Crippen molar-refractivity contribution in [2.75, 3.05) is 7.11 Å². The first-order valence-electron chi connectivity index (χ1n) is 4.83. The van der Waals surface area contributed by atoms with E-state index in [2.05, 4.69) is 21.3 Å². The number of thiophene rings is 1. The molecular formula is C12H12BrNOS. The molecule has 2 nitrogen and oxygen atoms in total. The van der Waals surface area contributed by atoms with E-state index in [1.807, 2.05) is 29.6 Å². The van der Waals surface area contributed by atoms with Crippen molar-refractivity contribution in [1.82, 2.24) is 0 Å². The van der Waals surface area contributed by atoms with Gasteiger partial charge in [0.05, 0.1) is 13.2 Å². The second kappa shape index (κ2) is 4.99. The van der Waals surface area contributed by atoms with Gasteiger partial charge in [0.1, 0.15) is 5.75 Å². The van der Waals surface area contributed by atoms with Crippen molar-refractivity contribution < 1.29 is 4.74 Å². The van der Waals surface area contributed by atoms with Crippen molar-refractivity contribution in [3.05, 3.63) is 50.6 Å². The van der Waals surface area contributed by atoms with Gasteiger partial charge >= 0.3 is 0 Å². The molecule has 2 N–H and O–H groups in total. The molecule has 0 aliphatic heterocycles. The number of hydrogen-bond acceptors (Lipinski definition) is 3. The minimum Gasteiger partial charge on any atom is -0.497 e. The Hall–Kier alpha value is -0.840. The molecule has 2 aromatic rings. The van der Waals surface area contributed by atoms with Crippen LogP contribution in [0.25, 0.3) is 0 Å². The quantitative estimate of drug-likeness (QED) is 0.940. The van der Waals surface area contributed by atoms with Crippen molar-refractivity contribution in [2.45, 2.75) is 6.04 Å². The Morgan fingerprint density at radius 1 is 1.38 bits per heavy atom. The van der Waals surface area contributed by atoms with E-state index in [1.165, 1.54) is 0 Å². The van der Waals surface area contributed by atoms with E-state index in [1.54, 1.807) is 18.4 Å². The lowest BCUT2D eigenvalue weighted by Crippen LogP contribution is -2.11. The normalized spacial score (nSPS) is 12.4. The standard InChI is InChI=1S/C12H12BrNOS/c1-15-9-2-3-11(13)10(6-9)12(14)8-4-5-16-7-8/h2-7,12H,14H2,1H3/t12-/m0/s1. The molecule has 0 radical (unpaired) electrons. The summed E-state index contributed by atoms with van der Waals surface area (Å²) in [5, 5.41) is 4.10. The zero-order valence-electron chi connectivity index (χ0n) is 8.81. The second-order valence-electron chi connectivity index (χ2n) is 3.42. The summed E-state index contributed by atoms with van der Waals surface area (Å²) in [5.74, 6) is 0.823. The largest absolute Gasteiger partial charge is 0.497 e. The molecule has 2 rings (SSSR count). The van der Waals surface area contributed by atoms with Crippen LogP contribution in [0.2, 0.25) is 0 Å². The minimum absolute atomic E-state index is 0.115. The Morgan fingerprint density at radius 2 is 2.19 bits per heavy atom. The lowest BCUT2D eigenvalue weighted by Gasteiger charge is -2.13. The predicted octanol–water partition coefficient (Wildman–Crippen LogP) is 3.57. The highest BCUT2D eigenvalue weighted by atomic mass is 79.9. The molecule has 4 heteroatoms. The van der Waals surface area contributed by atoms with Crippen LogP contribution < -0.4 is 10.5 Å². The van der Waals surface area contributed by atoms with Gasteiger partial charge in [0.15, 0.2) is 0 Å². The molecule has 0 fully saturated rings. The Morgan fingerprint density at radius 3 is 2.81 bits per heavy atom. The molecule has 0 aliphatic rings. The SMILES string of the molecule is COc1ccc(Br)c([C@@H](N)c2ccsc2)c1. The molecule has 1 aromatic heterocycles. The molecule has 0 bridgehead atoms. The molecule has 0 amide bonds. The first kappa shape index (κ1) is 11.6. The maximum atomic E-state index is 6.21. The fourth-order valence-corrected chi connectivity index (χ4v) is 2.71. The summed E-state index contributed by atoms with van der Waals surface area (Å²) in [6, 6.07) is 7.76. The van der Waals surface area contributed by atoms with Gasteiger partial charge in [-0.05, 0) is 46.2 Å². The van der Waals surface area contributed by atoms with Gasteiger partial charge in [-0.3, -0.25) is 0 Å². The van der Waals surface area contributed by atoms with Gasteiger partial charge in [-0.15, -0.1) is 0 Å². The molecule has 1 atom stereocenters. The average molecular weight is 298 g/mol. The van der Waals surface area contributed by atoms with Gasteiger partial charge in [-0.25, -0.2) is 0 Å². The van der Waals surface area contributed by atoms with Crippen molar-refractivity contribution >= 4 is 27.3 Å². The number of benzene rings is 1. The van der Waals surface area contributed by atoms with Crippen molar-refractivity contribution in [3.63, 3.8) is 0 Å². The third-order valence-electron chi connectivity index (χ3n) is 2.44. The van der Waals surface area contributed by atoms with Crippen LogP contribution in [0.3, 0.4) is 0 Å². The zero-order chi connectivity index (χ0) is 11.5. The lowest BCUT2D eigenvalue weighted by atomic mass is 10.0. The molecule has 0 saturated heterocycles. The summed E-state index contributed by atoms with van der Waals surface area (Å²) >= 11 is 5.17. The smallest absolute Gasteiger partial charge is 0.119 e. The second-order valence-corrected chi connectivity index (χ2v) is 5.06. The van der Waals surface area contributed by atoms with Crippen LogP contribution in [0.4, 0.5) is 0 Å². The Bertz CT molecular complexity index is 470. The highest BCUT2D eigenvalue weighted by molar-refractivity contribution is 9.10. The molecule has 0 spiro atoms. The lowest BCUT2D eigenvalue weighted by molar-refractivity contribution is 0.414. The molecule has 1 aromatic carbocycles. The van der Waals surface area contributed by atoms with Gasteiger partial charge in [0, 0.05) is 4.47 Å². The number of hydrogen-bond donors (Lipinski definition) is 1. The van der Waals surface area contributed by atoms with Crippen LogP contribution in [0.15, 0.2) is 39.5 Å². The molecule has 84 valence electrons. The molecule has 16 heavy (non-hydrogen) atoms. The topological polar surface area (TPSA) is 35.2 Å². The minimum atomic E-state index is -0.115. The van der Waals surface area contributed by atoms with Crippen LogP contribution in [-0.2, 0) is 0 Å². The summed E-state index contributed by atoms with van der Waals surface area (Å²) in [4.78, 5) is 0. The van der Waals surface area contributed by atoms with Gasteiger partial charge in [-0.1, -0.05) is 15.9 Å². The highest BCUT2D eigenvalue weighted by Crippen LogP contribution is 2.30. The highest BCUT2D eigenvalue weighted by Gasteiger charge is 2.13. The molecule has 1 heterocycles. The van der Waals surface area contributed by atoms with Crippen LogP contribution in [-0.4, -0.2) is 7.11 Å². The van der Waals surface area contributed by atoms with E-state index < -0.39 is 0 Å². The third kappa shape index (κ3) is 2.29. The summed E-state index contributed by atoms with van der Waals surface area (Å²) in [5.41, 5.74) is 8.37.